The van der Waals surface area contributed by atoms with E-state index in [-0.39, 0.29) is 15.6 Å². The molecule has 1 N–H and O–H groups in total. The lowest BCUT2D eigenvalue weighted by Gasteiger charge is -2.22. The highest BCUT2D eigenvalue weighted by atomic mass is 32.2. The van der Waals surface area contributed by atoms with Crippen LogP contribution >= 0.6 is 11.3 Å². The summed E-state index contributed by atoms with van der Waals surface area (Å²) < 4.78 is 54.4. The number of benzene rings is 2. The number of sulfonamides is 1. The van der Waals surface area contributed by atoms with Gasteiger partial charge in [0.1, 0.15) is 5.01 Å². The van der Waals surface area contributed by atoms with Crippen molar-refractivity contribution >= 4 is 33.0 Å². The predicted molar refractivity (Wildman–Crippen MR) is 116 cm³/mol. The molecule has 168 valence electrons. The number of hydrogen-bond acceptors (Lipinski definition) is 6. The number of carbonyl (C=O) groups is 1. The Bertz CT molecular complexity index is 1290. The van der Waals surface area contributed by atoms with E-state index < -0.39 is 33.6 Å². The van der Waals surface area contributed by atoms with Gasteiger partial charge in [0.15, 0.2) is 11.6 Å². The summed E-state index contributed by atoms with van der Waals surface area (Å²) in [6.07, 6.45) is 1.22. The third kappa shape index (κ3) is 4.27. The number of nitrogens with one attached hydrogen (secondary N) is 1. The SMILES string of the molecule is Cc1ccc(S(=O)(=O)N2CCC[C@H]2c2nnc(C(=O)Nc3ccc(F)c(F)c3)s2)cc1C. The minimum absolute atomic E-state index is 0.000150. The van der Waals surface area contributed by atoms with Crippen LogP contribution in [-0.4, -0.2) is 35.4 Å². The topological polar surface area (TPSA) is 92.3 Å². The second-order valence-corrected chi connectivity index (χ2v) is 10.4. The number of aromatic nitrogens is 2. The maximum atomic E-state index is 13.4. The Kier molecular flexibility index (Phi) is 6.06. The molecule has 1 atom stereocenters. The molecule has 0 aliphatic carbocycles. The number of anilines is 1. The monoisotopic (exact) mass is 478 g/mol. The van der Waals surface area contributed by atoms with E-state index in [1.54, 1.807) is 18.2 Å². The van der Waals surface area contributed by atoms with E-state index >= 15 is 0 Å². The molecule has 0 spiro atoms. The molecule has 1 amide bonds. The van der Waals surface area contributed by atoms with Gasteiger partial charge in [-0.05, 0) is 62.1 Å². The first-order valence-corrected chi connectivity index (χ1v) is 12.1. The summed E-state index contributed by atoms with van der Waals surface area (Å²) in [5.41, 5.74) is 1.96. The van der Waals surface area contributed by atoms with Gasteiger partial charge in [0.2, 0.25) is 15.0 Å². The number of nitrogens with zero attached hydrogens (tertiary/aromatic N) is 3. The molecule has 0 unspecified atom stereocenters. The second kappa shape index (κ2) is 8.64. The zero-order valence-corrected chi connectivity index (χ0v) is 18.9. The van der Waals surface area contributed by atoms with Crippen molar-refractivity contribution in [1.29, 1.82) is 0 Å². The second-order valence-electron chi connectivity index (χ2n) is 7.55. The van der Waals surface area contributed by atoms with Crippen molar-refractivity contribution in [1.82, 2.24) is 14.5 Å². The highest BCUT2D eigenvalue weighted by Gasteiger charge is 2.38. The molecule has 1 aliphatic rings. The highest BCUT2D eigenvalue weighted by Crippen LogP contribution is 2.38. The summed E-state index contributed by atoms with van der Waals surface area (Å²) >= 11 is 0.977. The lowest BCUT2D eigenvalue weighted by Crippen LogP contribution is -2.30. The normalized spacial score (nSPS) is 16.9. The maximum absolute atomic E-state index is 13.4. The summed E-state index contributed by atoms with van der Waals surface area (Å²) in [7, 11) is -3.75. The molecule has 1 fully saturated rings. The summed E-state index contributed by atoms with van der Waals surface area (Å²) in [6.45, 7) is 4.12. The zero-order valence-electron chi connectivity index (χ0n) is 17.3. The molecule has 2 aromatic carbocycles. The van der Waals surface area contributed by atoms with Gasteiger partial charge in [-0.15, -0.1) is 10.2 Å². The van der Waals surface area contributed by atoms with E-state index in [1.807, 2.05) is 13.8 Å². The Balaban J connectivity index is 1.55. The molecular formula is C21H20F2N4O3S2. The van der Waals surface area contributed by atoms with Gasteiger partial charge in [-0.25, -0.2) is 17.2 Å². The van der Waals surface area contributed by atoms with Crippen molar-refractivity contribution in [3.63, 3.8) is 0 Å². The zero-order chi connectivity index (χ0) is 23.0. The standard InChI is InChI=1S/C21H20F2N4O3S2/c1-12-5-7-15(10-13(12)2)32(29,30)27-9-3-4-18(27)20-25-26-21(31-20)19(28)24-14-6-8-16(22)17(23)11-14/h5-8,10-11,18H,3-4,9H2,1-2H3,(H,24,28)/t18-/m0/s1. The van der Waals surface area contributed by atoms with Crippen LogP contribution < -0.4 is 5.32 Å². The quantitative estimate of drug-likeness (QED) is 0.593. The Morgan fingerprint density at radius 3 is 2.59 bits per heavy atom. The average Bonchev–Trinajstić information content (AvgIpc) is 3.42. The smallest absolute Gasteiger partial charge is 0.286 e. The van der Waals surface area contributed by atoms with E-state index in [4.69, 9.17) is 0 Å². The fraction of sp³-hybridized carbons (Fsp3) is 0.286. The van der Waals surface area contributed by atoms with E-state index in [9.17, 15) is 22.0 Å². The van der Waals surface area contributed by atoms with Gasteiger partial charge < -0.3 is 5.32 Å². The average molecular weight is 479 g/mol. The summed E-state index contributed by atoms with van der Waals surface area (Å²) in [5.74, 6) is -2.74. The molecular weight excluding hydrogens is 458 g/mol. The molecule has 4 rings (SSSR count). The Hall–Kier alpha value is -2.76. The van der Waals surface area contributed by atoms with Gasteiger partial charge in [-0.1, -0.05) is 17.4 Å². The number of rotatable bonds is 5. The van der Waals surface area contributed by atoms with Crippen LogP contribution in [0.15, 0.2) is 41.3 Å². The fourth-order valence-corrected chi connectivity index (χ4v) is 6.20. The summed E-state index contributed by atoms with van der Waals surface area (Å²) in [4.78, 5) is 12.7. The molecule has 7 nitrogen and oxygen atoms in total. The molecule has 1 aliphatic heterocycles. The van der Waals surface area contributed by atoms with Crippen LogP contribution in [0.2, 0.25) is 0 Å². The first-order chi connectivity index (χ1) is 15.2. The lowest BCUT2D eigenvalue weighted by atomic mass is 10.1. The Morgan fingerprint density at radius 1 is 1.09 bits per heavy atom. The van der Waals surface area contributed by atoms with Crippen LogP contribution in [-0.2, 0) is 10.0 Å². The Morgan fingerprint density at radius 2 is 1.88 bits per heavy atom. The van der Waals surface area contributed by atoms with Crippen molar-refractivity contribution in [3.8, 4) is 0 Å². The van der Waals surface area contributed by atoms with E-state index in [2.05, 4.69) is 15.5 Å². The molecule has 0 radical (unpaired) electrons. The largest absolute Gasteiger partial charge is 0.320 e. The number of aryl methyl sites for hydroxylation is 2. The Labute approximate surface area is 188 Å². The molecule has 0 saturated carbocycles. The number of amides is 1. The van der Waals surface area contributed by atoms with Gasteiger partial charge in [-0.3, -0.25) is 4.79 Å². The molecule has 2 heterocycles. The summed E-state index contributed by atoms with van der Waals surface area (Å²) in [6, 6.07) is 7.50. The molecule has 3 aromatic rings. The van der Waals surface area contributed by atoms with Gasteiger partial charge in [-0.2, -0.15) is 4.31 Å². The third-order valence-electron chi connectivity index (χ3n) is 5.39. The predicted octanol–water partition coefficient (Wildman–Crippen LogP) is 4.21. The first-order valence-electron chi connectivity index (χ1n) is 9.85. The highest BCUT2D eigenvalue weighted by molar-refractivity contribution is 7.89. The first kappa shape index (κ1) is 22.4. The van der Waals surface area contributed by atoms with E-state index in [0.717, 1.165) is 34.6 Å². The maximum Gasteiger partial charge on any atom is 0.286 e. The number of hydrogen-bond donors (Lipinski definition) is 1. The van der Waals surface area contributed by atoms with Crippen LogP contribution in [0.1, 0.15) is 44.8 Å². The van der Waals surface area contributed by atoms with Crippen molar-refractivity contribution in [2.24, 2.45) is 0 Å². The van der Waals surface area contributed by atoms with Crippen molar-refractivity contribution in [3.05, 3.63) is 69.2 Å². The van der Waals surface area contributed by atoms with Crippen LogP contribution in [0.3, 0.4) is 0 Å². The van der Waals surface area contributed by atoms with Gasteiger partial charge in [0.05, 0.1) is 10.9 Å². The third-order valence-corrected chi connectivity index (χ3v) is 8.31. The minimum atomic E-state index is -3.75. The van der Waals surface area contributed by atoms with Crippen LogP contribution in [0.5, 0.6) is 0 Å². The number of halogens is 2. The van der Waals surface area contributed by atoms with Crippen LogP contribution in [0.25, 0.3) is 0 Å². The van der Waals surface area contributed by atoms with Crippen molar-refractivity contribution in [2.45, 2.75) is 37.6 Å². The van der Waals surface area contributed by atoms with E-state index in [0.29, 0.717) is 24.4 Å². The van der Waals surface area contributed by atoms with E-state index in [1.165, 1.54) is 10.4 Å². The van der Waals surface area contributed by atoms with Crippen LogP contribution in [0.4, 0.5) is 14.5 Å². The number of carbonyl (C=O) groups excluding carboxylic acids is 1. The molecule has 11 heteroatoms. The molecule has 0 bridgehead atoms. The summed E-state index contributed by atoms with van der Waals surface area (Å²) in [5, 5.41) is 10.8. The molecule has 1 aromatic heterocycles. The van der Waals surface area contributed by atoms with Crippen LogP contribution in [0, 0.1) is 25.5 Å². The van der Waals surface area contributed by atoms with Crippen molar-refractivity contribution < 1.29 is 22.0 Å². The van der Waals surface area contributed by atoms with Crippen molar-refractivity contribution in [2.75, 3.05) is 11.9 Å². The lowest BCUT2D eigenvalue weighted by molar-refractivity contribution is 0.102. The van der Waals surface area contributed by atoms with Gasteiger partial charge in [0.25, 0.3) is 5.91 Å². The fourth-order valence-electron chi connectivity index (χ4n) is 3.50. The molecule has 32 heavy (non-hydrogen) atoms. The van der Waals surface area contributed by atoms with Gasteiger partial charge >= 0.3 is 0 Å². The van der Waals surface area contributed by atoms with Gasteiger partial charge in [0, 0.05) is 18.3 Å². The minimum Gasteiger partial charge on any atom is -0.320 e. The molecule has 1 saturated heterocycles.